The summed E-state index contributed by atoms with van der Waals surface area (Å²) in [6, 6.07) is 9.44. The predicted octanol–water partition coefficient (Wildman–Crippen LogP) is 3.17. The standard InChI is InChI=1S/C6H5Cl.C2H2.BrH/c7-6-4-2-1-3-5-6;1-2;/h1-5H;1-2H;1H. The zero-order valence-corrected chi connectivity index (χ0v) is 7.80. The maximum atomic E-state index is 5.54. The second kappa shape index (κ2) is 8.55. The molecule has 0 N–H and O–H groups in total. The molecule has 0 nitrogen and oxygen atoms in total. The van der Waals surface area contributed by atoms with Crippen LogP contribution in [-0.2, 0) is 0 Å². The molecule has 0 heterocycles. The molecule has 1 aromatic rings. The SMILES string of the molecule is Br.C#C.Clc1ccccc1. The third kappa shape index (κ3) is 5.68. The molecule has 0 aromatic heterocycles. The largest absolute Gasteiger partial charge is 0.124 e. The summed E-state index contributed by atoms with van der Waals surface area (Å²) in [6.45, 7) is 0. The molecule has 2 heteroatoms. The van der Waals surface area contributed by atoms with E-state index in [1.54, 1.807) is 0 Å². The van der Waals surface area contributed by atoms with Crippen molar-refractivity contribution in [3.05, 3.63) is 35.4 Å². The van der Waals surface area contributed by atoms with Crippen LogP contribution in [0, 0.1) is 12.8 Å². The van der Waals surface area contributed by atoms with E-state index in [-0.39, 0.29) is 17.0 Å². The van der Waals surface area contributed by atoms with E-state index in [4.69, 9.17) is 11.6 Å². The number of rotatable bonds is 0. The van der Waals surface area contributed by atoms with Crippen molar-refractivity contribution < 1.29 is 0 Å². The number of hydrogen-bond acceptors (Lipinski definition) is 0. The number of terminal acetylenes is 1. The molecule has 0 bridgehead atoms. The summed E-state index contributed by atoms with van der Waals surface area (Å²) in [5, 5.41) is 0.794. The summed E-state index contributed by atoms with van der Waals surface area (Å²) < 4.78 is 0. The van der Waals surface area contributed by atoms with E-state index in [1.807, 2.05) is 30.3 Å². The van der Waals surface area contributed by atoms with Crippen LogP contribution in [0.1, 0.15) is 0 Å². The number of hydrogen-bond donors (Lipinski definition) is 0. The van der Waals surface area contributed by atoms with Crippen LogP contribution in [0.25, 0.3) is 0 Å². The van der Waals surface area contributed by atoms with Crippen LogP contribution in [0.5, 0.6) is 0 Å². The first-order chi connectivity index (χ1) is 4.39. The van der Waals surface area contributed by atoms with Gasteiger partial charge in [-0.2, -0.15) is 0 Å². The Morgan fingerprint density at radius 2 is 1.40 bits per heavy atom. The van der Waals surface area contributed by atoms with Crippen LogP contribution in [-0.4, -0.2) is 0 Å². The summed E-state index contributed by atoms with van der Waals surface area (Å²) >= 11 is 5.54. The van der Waals surface area contributed by atoms with Gasteiger partial charge in [-0.15, -0.1) is 29.8 Å². The lowest BCUT2D eigenvalue weighted by atomic mass is 10.4. The normalized spacial score (nSPS) is 6.30. The summed E-state index contributed by atoms with van der Waals surface area (Å²) in [5.74, 6) is 0. The fourth-order valence-corrected chi connectivity index (χ4v) is 0.560. The average Bonchev–Trinajstić information content (AvgIpc) is 1.94. The molecule has 10 heavy (non-hydrogen) atoms. The van der Waals surface area contributed by atoms with Crippen molar-refractivity contribution in [1.82, 2.24) is 0 Å². The van der Waals surface area contributed by atoms with Gasteiger partial charge in [0.15, 0.2) is 0 Å². The first-order valence-electron chi connectivity index (χ1n) is 2.43. The topological polar surface area (TPSA) is 0 Å². The number of halogens is 2. The Kier molecular flexibility index (Phi) is 10.5. The Balaban J connectivity index is 0. The van der Waals surface area contributed by atoms with Gasteiger partial charge in [0.2, 0.25) is 0 Å². The van der Waals surface area contributed by atoms with E-state index >= 15 is 0 Å². The van der Waals surface area contributed by atoms with Crippen molar-refractivity contribution in [1.29, 1.82) is 0 Å². The van der Waals surface area contributed by atoms with E-state index in [9.17, 15) is 0 Å². The molecule has 0 saturated carbocycles. The Morgan fingerprint density at radius 1 is 1.00 bits per heavy atom. The van der Waals surface area contributed by atoms with Gasteiger partial charge in [0.1, 0.15) is 0 Å². The Labute approximate surface area is 77.0 Å². The first kappa shape index (κ1) is 12.2. The zero-order chi connectivity index (χ0) is 7.11. The second-order valence-electron chi connectivity index (χ2n) is 1.30. The highest BCUT2D eigenvalue weighted by Gasteiger charge is 1.74. The lowest BCUT2D eigenvalue weighted by molar-refractivity contribution is 1.71. The van der Waals surface area contributed by atoms with Gasteiger partial charge in [-0.05, 0) is 12.1 Å². The highest BCUT2D eigenvalue weighted by Crippen LogP contribution is 2.03. The first-order valence-corrected chi connectivity index (χ1v) is 2.81. The minimum atomic E-state index is 0. The average molecular weight is 220 g/mol. The molecule has 0 aliphatic heterocycles. The summed E-state index contributed by atoms with van der Waals surface area (Å²) in [7, 11) is 0. The molecule has 0 amide bonds. The molecule has 54 valence electrons. The van der Waals surface area contributed by atoms with Crippen LogP contribution < -0.4 is 0 Å². The highest BCUT2D eigenvalue weighted by atomic mass is 79.9. The van der Waals surface area contributed by atoms with E-state index < -0.39 is 0 Å². The molecule has 0 atom stereocenters. The van der Waals surface area contributed by atoms with Crippen LogP contribution in [0.3, 0.4) is 0 Å². The minimum Gasteiger partial charge on any atom is -0.124 e. The highest BCUT2D eigenvalue weighted by molar-refractivity contribution is 8.93. The zero-order valence-electron chi connectivity index (χ0n) is 5.33. The second-order valence-corrected chi connectivity index (χ2v) is 1.73. The van der Waals surface area contributed by atoms with Gasteiger partial charge in [-0.25, -0.2) is 0 Å². The van der Waals surface area contributed by atoms with E-state index in [0.29, 0.717) is 0 Å². The van der Waals surface area contributed by atoms with Crippen molar-refractivity contribution in [2.45, 2.75) is 0 Å². The molecule has 1 rings (SSSR count). The molecule has 0 aliphatic carbocycles. The van der Waals surface area contributed by atoms with Crippen LogP contribution in [0.4, 0.5) is 0 Å². The molecule has 0 unspecified atom stereocenters. The lowest BCUT2D eigenvalue weighted by Gasteiger charge is -1.80. The smallest absolute Gasteiger partial charge is 0.0405 e. The van der Waals surface area contributed by atoms with Crippen molar-refractivity contribution >= 4 is 28.6 Å². The lowest BCUT2D eigenvalue weighted by Crippen LogP contribution is -1.55. The van der Waals surface area contributed by atoms with Crippen LogP contribution >= 0.6 is 28.6 Å². The monoisotopic (exact) mass is 218 g/mol. The summed E-state index contributed by atoms with van der Waals surface area (Å²) in [6.07, 6.45) is 8.00. The minimum absolute atomic E-state index is 0. The molecular weight excluding hydrogens is 211 g/mol. The van der Waals surface area contributed by atoms with E-state index in [1.165, 1.54) is 0 Å². The summed E-state index contributed by atoms with van der Waals surface area (Å²) in [5.41, 5.74) is 0. The Hall–Kier alpha value is -0.450. The van der Waals surface area contributed by atoms with Crippen molar-refractivity contribution in [2.24, 2.45) is 0 Å². The van der Waals surface area contributed by atoms with Crippen LogP contribution in [0.15, 0.2) is 30.3 Å². The van der Waals surface area contributed by atoms with Gasteiger partial charge in [0, 0.05) is 5.02 Å². The van der Waals surface area contributed by atoms with Gasteiger partial charge in [-0.3, -0.25) is 0 Å². The molecule has 0 saturated heterocycles. The van der Waals surface area contributed by atoms with Crippen LogP contribution in [0.2, 0.25) is 5.02 Å². The van der Waals surface area contributed by atoms with Gasteiger partial charge < -0.3 is 0 Å². The van der Waals surface area contributed by atoms with Crippen molar-refractivity contribution in [2.75, 3.05) is 0 Å². The van der Waals surface area contributed by atoms with Gasteiger partial charge >= 0.3 is 0 Å². The predicted molar refractivity (Wildman–Crippen MR) is 51.7 cm³/mol. The van der Waals surface area contributed by atoms with Crippen molar-refractivity contribution in [3.63, 3.8) is 0 Å². The number of benzene rings is 1. The Bertz CT molecular complexity index is 169. The van der Waals surface area contributed by atoms with Crippen molar-refractivity contribution in [3.8, 4) is 12.8 Å². The molecule has 0 aliphatic rings. The fraction of sp³-hybridized carbons (Fsp3) is 0. The fourth-order valence-electron chi connectivity index (χ4n) is 0.415. The maximum absolute atomic E-state index is 5.54. The quantitative estimate of drug-likeness (QED) is 0.588. The molecule has 1 aromatic carbocycles. The van der Waals surface area contributed by atoms with E-state index in [0.717, 1.165) is 5.02 Å². The van der Waals surface area contributed by atoms with Gasteiger partial charge in [-0.1, -0.05) is 29.8 Å². The van der Waals surface area contributed by atoms with Gasteiger partial charge in [0.05, 0.1) is 0 Å². The third-order valence-corrected chi connectivity index (χ3v) is 0.985. The Morgan fingerprint density at radius 3 is 1.60 bits per heavy atom. The summed E-state index contributed by atoms with van der Waals surface area (Å²) in [4.78, 5) is 0. The molecule has 0 radical (unpaired) electrons. The third-order valence-electron chi connectivity index (χ3n) is 0.733. The molecule has 0 fully saturated rings. The molecular formula is C8H8BrCl. The maximum Gasteiger partial charge on any atom is 0.0405 e. The molecule has 0 spiro atoms. The van der Waals surface area contributed by atoms with E-state index in [2.05, 4.69) is 12.8 Å². The van der Waals surface area contributed by atoms with Gasteiger partial charge in [0.25, 0.3) is 0 Å².